The first-order chi connectivity index (χ1) is 11.9. The van der Waals surface area contributed by atoms with E-state index in [4.69, 9.17) is 4.74 Å². The van der Waals surface area contributed by atoms with Gasteiger partial charge in [0.15, 0.2) is 5.82 Å². The first kappa shape index (κ1) is 16.6. The fraction of sp³-hybridized carbons (Fsp3) is 0.600. The van der Waals surface area contributed by atoms with Crippen LogP contribution < -0.4 is 10.1 Å². The van der Waals surface area contributed by atoms with Crippen molar-refractivity contribution in [2.24, 2.45) is 0 Å². The van der Waals surface area contributed by atoms with Crippen molar-refractivity contribution >= 4 is 0 Å². The number of nitrogens with zero attached hydrogens (tertiary/aromatic N) is 3. The minimum Gasteiger partial charge on any atom is -0.487 e. The Morgan fingerprint density at radius 3 is 3.00 bits per heavy atom. The first-order valence-corrected chi connectivity index (χ1v) is 9.37. The van der Waals surface area contributed by atoms with Gasteiger partial charge in [-0.3, -0.25) is 0 Å². The molecule has 1 N–H and O–H groups in total. The van der Waals surface area contributed by atoms with Crippen LogP contribution in [0, 0.1) is 0 Å². The van der Waals surface area contributed by atoms with Crippen molar-refractivity contribution < 1.29 is 4.74 Å². The summed E-state index contributed by atoms with van der Waals surface area (Å²) in [5, 5.41) is 8.37. The third-order valence-corrected chi connectivity index (χ3v) is 5.11. The lowest BCUT2D eigenvalue weighted by Gasteiger charge is -2.23. The topological polar surface area (TPSA) is 52.0 Å². The summed E-state index contributed by atoms with van der Waals surface area (Å²) in [6, 6.07) is 7.04. The Labute approximate surface area is 149 Å². The number of hydrogen-bond donors (Lipinski definition) is 1. The minimum absolute atomic E-state index is 0.0740. The van der Waals surface area contributed by atoms with Crippen LogP contribution in [0.3, 0.4) is 0 Å². The molecule has 0 radical (unpaired) electrons. The summed E-state index contributed by atoms with van der Waals surface area (Å²) in [5.74, 6) is 3.54. The average molecular weight is 340 g/mol. The van der Waals surface area contributed by atoms with Crippen LogP contribution in [0.25, 0.3) is 0 Å². The lowest BCUT2D eigenvalue weighted by Crippen LogP contribution is -2.37. The van der Waals surface area contributed by atoms with Gasteiger partial charge in [-0.2, -0.15) is 5.10 Å². The molecule has 4 rings (SSSR count). The van der Waals surface area contributed by atoms with E-state index >= 15 is 0 Å². The van der Waals surface area contributed by atoms with Crippen molar-refractivity contribution in [3.63, 3.8) is 0 Å². The molecule has 0 bridgehead atoms. The van der Waals surface area contributed by atoms with Crippen LogP contribution in [0.2, 0.25) is 0 Å². The normalized spacial score (nSPS) is 21.1. The fourth-order valence-corrected chi connectivity index (χ4v) is 3.77. The molecule has 134 valence electrons. The molecule has 1 unspecified atom stereocenters. The second-order valence-corrected chi connectivity index (χ2v) is 8.32. The van der Waals surface area contributed by atoms with Gasteiger partial charge in [-0.1, -0.05) is 26.0 Å². The van der Waals surface area contributed by atoms with E-state index in [9.17, 15) is 0 Å². The van der Waals surface area contributed by atoms with Gasteiger partial charge in [0, 0.05) is 31.3 Å². The molecule has 2 aliphatic rings. The van der Waals surface area contributed by atoms with Gasteiger partial charge in [0.2, 0.25) is 0 Å². The second kappa shape index (κ2) is 6.13. The molecular weight excluding hydrogens is 312 g/mol. The summed E-state index contributed by atoms with van der Waals surface area (Å²) in [4.78, 5) is 4.67. The Kier molecular flexibility index (Phi) is 4.07. The third kappa shape index (κ3) is 3.43. The predicted octanol–water partition coefficient (Wildman–Crippen LogP) is 3.22. The van der Waals surface area contributed by atoms with E-state index in [0.717, 1.165) is 49.8 Å². The van der Waals surface area contributed by atoms with E-state index in [1.165, 1.54) is 11.1 Å². The second-order valence-electron chi connectivity index (χ2n) is 8.32. The Balaban J connectivity index is 1.38. The van der Waals surface area contributed by atoms with E-state index in [1.54, 1.807) is 0 Å². The van der Waals surface area contributed by atoms with E-state index in [1.807, 2.05) is 0 Å². The molecule has 0 saturated heterocycles. The highest BCUT2D eigenvalue weighted by Gasteiger charge is 2.30. The third-order valence-electron chi connectivity index (χ3n) is 5.11. The molecule has 1 aromatic carbocycles. The Bertz CT molecular complexity index is 778. The van der Waals surface area contributed by atoms with Crippen molar-refractivity contribution in [2.75, 3.05) is 0 Å². The maximum atomic E-state index is 5.97. The highest BCUT2D eigenvalue weighted by atomic mass is 16.5. The van der Waals surface area contributed by atoms with E-state index in [2.05, 4.69) is 66.0 Å². The number of hydrogen-bond acceptors (Lipinski definition) is 4. The number of fused-ring (bicyclic) bond motifs is 2. The maximum Gasteiger partial charge on any atom is 0.153 e. The summed E-state index contributed by atoms with van der Waals surface area (Å²) < 4.78 is 8.06. The number of aryl methyl sites for hydroxylation is 1. The average Bonchev–Trinajstić information content (AvgIpc) is 3.10. The quantitative estimate of drug-likeness (QED) is 0.928. The predicted molar refractivity (Wildman–Crippen MR) is 97.9 cm³/mol. The highest BCUT2D eigenvalue weighted by Crippen LogP contribution is 2.35. The number of benzene rings is 1. The summed E-state index contributed by atoms with van der Waals surface area (Å²) in [5.41, 5.74) is 2.58. The largest absolute Gasteiger partial charge is 0.487 e. The molecule has 1 aromatic heterocycles. The van der Waals surface area contributed by atoms with Crippen LogP contribution in [0.1, 0.15) is 62.8 Å². The standard InChI is InChI=1S/C20H28N4O/c1-13(2)19-22-18-8-6-16(12-24(18)23-19)21-11-14-5-7-17-15(9-14)10-20(3,4)25-17/h5,7,9,13,16,21H,6,8,10-12H2,1-4H3. The molecular formula is C20H28N4O. The molecule has 2 aromatic rings. The lowest BCUT2D eigenvalue weighted by molar-refractivity contribution is 0.138. The van der Waals surface area contributed by atoms with Gasteiger partial charge in [-0.05, 0) is 37.5 Å². The van der Waals surface area contributed by atoms with Gasteiger partial charge in [0.05, 0.1) is 6.54 Å². The summed E-state index contributed by atoms with van der Waals surface area (Å²) in [6.45, 7) is 10.4. The molecule has 0 saturated carbocycles. The van der Waals surface area contributed by atoms with Gasteiger partial charge < -0.3 is 10.1 Å². The zero-order chi connectivity index (χ0) is 17.6. The smallest absolute Gasteiger partial charge is 0.153 e. The molecule has 0 aliphatic carbocycles. The molecule has 0 fully saturated rings. The zero-order valence-corrected chi connectivity index (χ0v) is 15.7. The summed E-state index contributed by atoms with van der Waals surface area (Å²) >= 11 is 0. The van der Waals surface area contributed by atoms with Gasteiger partial charge >= 0.3 is 0 Å². The zero-order valence-electron chi connectivity index (χ0n) is 15.7. The van der Waals surface area contributed by atoms with E-state index in [0.29, 0.717) is 12.0 Å². The van der Waals surface area contributed by atoms with Crippen molar-refractivity contribution in [3.05, 3.63) is 41.0 Å². The molecule has 3 heterocycles. The van der Waals surface area contributed by atoms with Crippen molar-refractivity contribution in [3.8, 4) is 5.75 Å². The van der Waals surface area contributed by atoms with Crippen molar-refractivity contribution in [2.45, 2.75) is 77.6 Å². The van der Waals surface area contributed by atoms with Gasteiger partial charge in [0.25, 0.3) is 0 Å². The number of nitrogens with one attached hydrogen (secondary N) is 1. The van der Waals surface area contributed by atoms with Crippen LogP contribution in [0.15, 0.2) is 18.2 Å². The van der Waals surface area contributed by atoms with Gasteiger partial charge in [-0.15, -0.1) is 0 Å². The number of ether oxygens (including phenoxy) is 1. The van der Waals surface area contributed by atoms with E-state index < -0.39 is 0 Å². The molecule has 0 amide bonds. The molecule has 1 atom stereocenters. The van der Waals surface area contributed by atoms with E-state index in [-0.39, 0.29) is 5.60 Å². The summed E-state index contributed by atoms with van der Waals surface area (Å²) in [7, 11) is 0. The summed E-state index contributed by atoms with van der Waals surface area (Å²) in [6.07, 6.45) is 3.11. The monoisotopic (exact) mass is 340 g/mol. The van der Waals surface area contributed by atoms with Crippen LogP contribution in [0.5, 0.6) is 5.75 Å². The van der Waals surface area contributed by atoms with Crippen LogP contribution >= 0.6 is 0 Å². The molecule has 25 heavy (non-hydrogen) atoms. The lowest BCUT2D eigenvalue weighted by atomic mass is 10.00. The van der Waals surface area contributed by atoms with Crippen molar-refractivity contribution in [1.29, 1.82) is 0 Å². The van der Waals surface area contributed by atoms with Gasteiger partial charge in [-0.25, -0.2) is 9.67 Å². The first-order valence-electron chi connectivity index (χ1n) is 9.37. The molecule has 5 heteroatoms. The fourth-order valence-electron chi connectivity index (χ4n) is 3.77. The van der Waals surface area contributed by atoms with Crippen LogP contribution in [-0.4, -0.2) is 26.4 Å². The molecule has 2 aliphatic heterocycles. The van der Waals surface area contributed by atoms with Crippen LogP contribution in [0.4, 0.5) is 0 Å². The number of rotatable bonds is 4. The van der Waals surface area contributed by atoms with Crippen molar-refractivity contribution in [1.82, 2.24) is 20.1 Å². The minimum atomic E-state index is -0.0740. The molecule has 5 nitrogen and oxygen atoms in total. The Morgan fingerprint density at radius 2 is 2.20 bits per heavy atom. The van der Waals surface area contributed by atoms with Crippen LogP contribution in [-0.2, 0) is 25.9 Å². The Morgan fingerprint density at radius 1 is 1.36 bits per heavy atom. The SMILES string of the molecule is CC(C)c1nc2n(n1)CC(NCc1ccc3c(c1)CC(C)(C)O3)CC2. The van der Waals surface area contributed by atoms with Gasteiger partial charge in [0.1, 0.15) is 17.2 Å². The Hall–Kier alpha value is -1.88. The molecule has 0 spiro atoms. The maximum absolute atomic E-state index is 5.97. The number of aromatic nitrogens is 3. The highest BCUT2D eigenvalue weighted by molar-refractivity contribution is 5.41.